The number of nitrogens with one attached hydrogen (secondary N) is 1. The molecule has 0 radical (unpaired) electrons. The molecule has 2 saturated heterocycles. The first-order valence-electron chi connectivity index (χ1n) is 7.33. The quantitative estimate of drug-likeness (QED) is 0.875. The van der Waals surface area contributed by atoms with E-state index in [1.54, 1.807) is 5.06 Å². The first-order chi connectivity index (χ1) is 9.86. The SMILES string of the molecule is O=C([C@H]1CNCCN1c1ccccc1)N1CCCCO1. The second-order valence-electron chi connectivity index (χ2n) is 5.23. The molecule has 5 nitrogen and oxygen atoms in total. The van der Waals surface area contributed by atoms with Crippen molar-refractivity contribution in [3.63, 3.8) is 0 Å². The van der Waals surface area contributed by atoms with Gasteiger partial charge in [-0.15, -0.1) is 0 Å². The van der Waals surface area contributed by atoms with Crippen molar-refractivity contribution in [2.24, 2.45) is 0 Å². The number of hydrogen-bond donors (Lipinski definition) is 1. The summed E-state index contributed by atoms with van der Waals surface area (Å²) in [5.74, 6) is 0.0701. The smallest absolute Gasteiger partial charge is 0.270 e. The van der Waals surface area contributed by atoms with E-state index in [0.29, 0.717) is 19.7 Å². The standard InChI is InChI=1S/C15H21N3O2/c19-15(18-9-4-5-11-20-18)14-12-16-8-10-17(14)13-6-2-1-3-7-13/h1-3,6-7,14,16H,4-5,8-12H2/t14-/m1/s1. The molecule has 1 aromatic carbocycles. The third-order valence-corrected chi connectivity index (χ3v) is 3.86. The maximum atomic E-state index is 12.7. The summed E-state index contributed by atoms with van der Waals surface area (Å²) in [7, 11) is 0. The summed E-state index contributed by atoms with van der Waals surface area (Å²) in [4.78, 5) is 20.3. The molecule has 1 aromatic rings. The number of rotatable bonds is 2. The van der Waals surface area contributed by atoms with E-state index in [4.69, 9.17) is 4.84 Å². The lowest BCUT2D eigenvalue weighted by molar-refractivity contribution is -0.198. The van der Waals surface area contributed by atoms with Gasteiger partial charge >= 0.3 is 0 Å². The molecule has 0 bridgehead atoms. The molecule has 2 fully saturated rings. The monoisotopic (exact) mass is 275 g/mol. The zero-order chi connectivity index (χ0) is 13.8. The Balaban J connectivity index is 1.76. The lowest BCUT2D eigenvalue weighted by atomic mass is 10.1. The van der Waals surface area contributed by atoms with E-state index in [-0.39, 0.29) is 11.9 Å². The number of piperazine rings is 1. The van der Waals surface area contributed by atoms with Gasteiger partial charge in [0.05, 0.1) is 6.61 Å². The van der Waals surface area contributed by atoms with Gasteiger partial charge in [-0.1, -0.05) is 18.2 Å². The third kappa shape index (κ3) is 2.78. The molecule has 0 unspecified atom stereocenters. The first-order valence-corrected chi connectivity index (χ1v) is 7.33. The number of benzene rings is 1. The summed E-state index contributed by atoms with van der Waals surface area (Å²) in [5.41, 5.74) is 1.10. The van der Waals surface area contributed by atoms with Gasteiger partial charge in [0, 0.05) is 31.9 Å². The van der Waals surface area contributed by atoms with Gasteiger partial charge in [0.2, 0.25) is 0 Å². The normalized spacial score (nSPS) is 23.7. The van der Waals surface area contributed by atoms with Crippen LogP contribution in [-0.4, -0.2) is 49.8 Å². The third-order valence-electron chi connectivity index (χ3n) is 3.86. The largest absolute Gasteiger partial charge is 0.357 e. The molecule has 20 heavy (non-hydrogen) atoms. The molecule has 0 aromatic heterocycles. The Morgan fingerprint density at radius 2 is 2.05 bits per heavy atom. The lowest BCUT2D eigenvalue weighted by Gasteiger charge is -2.39. The highest BCUT2D eigenvalue weighted by atomic mass is 16.7. The van der Waals surface area contributed by atoms with E-state index < -0.39 is 0 Å². The van der Waals surface area contributed by atoms with Crippen LogP contribution in [0.15, 0.2) is 30.3 Å². The van der Waals surface area contributed by atoms with E-state index in [9.17, 15) is 4.79 Å². The molecule has 0 aliphatic carbocycles. The molecular weight excluding hydrogens is 254 g/mol. The second kappa shape index (κ2) is 6.24. The fourth-order valence-electron chi connectivity index (χ4n) is 2.79. The highest BCUT2D eigenvalue weighted by Crippen LogP contribution is 2.20. The average molecular weight is 275 g/mol. The molecule has 0 saturated carbocycles. The Kier molecular flexibility index (Phi) is 4.18. The first kappa shape index (κ1) is 13.4. The number of carbonyl (C=O) groups excluding carboxylic acids is 1. The van der Waals surface area contributed by atoms with Crippen molar-refractivity contribution in [3.8, 4) is 0 Å². The Morgan fingerprint density at radius 3 is 2.80 bits per heavy atom. The number of anilines is 1. The van der Waals surface area contributed by atoms with E-state index >= 15 is 0 Å². The molecule has 3 rings (SSSR count). The fourth-order valence-corrected chi connectivity index (χ4v) is 2.79. The minimum atomic E-state index is -0.177. The van der Waals surface area contributed by atoms with Gasteiger partial charge in [0.25, 0.3) is 5.91 Å². The van der Waals surface area contributed by atoms with Crippen LogP contribution < -0.4 is 10.2 Å². The van der Waals surface area contributed by atoms with Crippen LogP contribution in [0, 0.1) is 0 Å². The molecular formula is C15H21N3O2. The highest BCUT2D eigenvalue weighted by Gasteiger charge is 2.33. The van der Waals surface area contributed by atoms with E-state index in [1.165, 1.54) is 0 Å². The summed E-state index contributed by atoms with van der Waals surface area (Å²) in [6, 6.07) is 9.96. The summed E-state index contributed by atoms with van der Waals surface area (Å²) in [6.07, 6.45) is 2.06. The summed E-state index contributed by atoms with van der Waals surface area (Å²) in [6.45, 7) is 3.77. The van der Waals surface area contributed by atoms with Crippen LogP contribution in [0.5, 0.6) is 0 Å². The van der Waals surface area contributed by atoms with Crippen molar-refractivity contribution < 1.29 is 9.63 Å². The molecule has 2 aliphatic rings. The molecule has 0 spiro atoms. The second-order valence-corrected chi connectivity index (χ2v) is 5.23. The van der Waals surface area contributed by atoms with Crippen LogP contribution in [0.25, 0.3) is 0 Å². The number of hydroxylamine groups is 2. The van der Waals surface area contributed by atoms with Crippen LogP contribution >= 0.6 is 0 Å². The van der Waals surface area contributed by atoms with Crippen molar-refractivity contribution in [2.45, 2.75) is 18.9 Å². The molecule has 108 valence electrons. The Labute approximate surface area is 119 Å². The molecule has 2 aliphatic heterocycles. The number of para-hydroxylation sites is 1. The topological polar surface area (TPSA) is 44.8 Å². The Morgan fingerprint density at radius 1 is 1.20 bits per heavy atom. The molecule has 1 atom stereocenters. The fraction of sp³-hybridized carbons (Fsp3) is 0.533. The summed E-state index contributed by atoms with van der Waals surface area (Å²) in [5, 5.41) is 4.86. The number of nitrogens with zero attached hydrogens (tertiary/aromatic N) is 2. The van der Waals surface area contributed by atoms with Crippen molar-refractivity contribution >= 4 is 11.6 Å². The zero-order valence-corrected chi connectivity index (χ0v) is 11.6. The van der Waals surface area contributed by atoms with Gasteiger partial charge in [-0.3, -0.25) is 9.63 Å². The van der Waals surface area contributed by atoms with Gasteiger partial charge in [0.1, 0.15) is 6.04 Å². The predicted molar refractivity (Wildman–Crippen MR) is 77.3 cm³/mol. The zero-order valence-electron chi connectivity index (χ0n) is 11.6. The predicted octanol–water partition coefficient (Wildman–Crippen LogP) is 1.02. The van der Waals surface area contributed by atoms with Crippen LogP contribution in [0.3, 0.4) is 0 Å². The minimum absolute atomic E-state index is 0.0701. The number of hydrogen-bond acceptors (Lipinski definition) is 4. The average Bonchev–Trinajstić information content (AvgIpc) is 2.56. The lowest BCUT2D eigenvalue weighted by Crippen LogP contribution is -2.59. The highest BCUT2D eigenvalue weighted by molar-refractivity contribution is 5.85. The van der Waals surface area contributed by atoms with E-state index in [2.05, 4.69) is 22.3 Å². The van der Waals surface area contributed by atoms with Gasteiger partial charge in [-0.05, 0) is 25.0 Å². The van der Waals surface area contributed by atoms with Gasteiger partial charge in [-0.2, -0.15) is 0 Å². The van der Waals surface area contributed by atoms with E-state index in [0.717, 1.165) is 31.6 Å². The van der Waals surface area contributed by atoms with Crippen molar-refractivity contribution in [3.05, 3.63) is 30.3 Å². The molecule has 1 amide bonds. The van der Waals surface area contributed by atoms with Crippen molar-refractivity contribution in [2.75, 3.05) is 37.7 Å². The van der Waals surface area contributed by atoms with Crippen LogP contribution in [-0.2, 0) is 9.63 Å². The van der Waals surface area contributed by atoms with Crippen LogP contribution in [0.4, 0.5) is 5.69 Å². The number of carbonyl (C=O) groups is 1. The number of amides is 1. The van der Waals surface area contributed by atoms with E-state index in [1.807, 2.05) is 18.2 Å². The Hall–Kier alpha value is -1.59. The van der Waals surface area contributed by atoms with Gasteiger partial charge in [-0.25, -0.2) is 5.06 Å². The van der Waals surface area contributed by atoms with Gasteiger partial charge < -0.3 is 10.2 Å². The molecule has 1 N–H and O–H groups in total. The Bertz CT molecular complexity index is 446. The summed E-state index contributed by atoms with van der Waals surface area (Å²) < 4.78 is 0. The molecule has 5 heteroatoms. The van der Waals surface area contributed by atoms with Gasteiger partial charge in [0.15, 0.2) is 0 Å². The van der Waals surface area contributed by atoms with Crippen LogP contribution in [0.1, 0.15) is 12.8 Å². The maximum absolute atomic E-state index is 12.7. The van der Waals surface area contributed by atoms with Crippen LogP contribution in [0.2, 0.25) is 0 Å². The molecule has 2 heterocycles. The summed E-state index contributed by atoms with van der Waals surface area (Å²) >= 11 is 0. The minimum Gasteiger partial charge on any atom is -0.357 e. The van der Waals surface area contributed by atoms with Crippen molar-refractivity contribution in [1.82, 2.24) is 10.4 Å². The van der Waals surface area contributed by atoms with Crippen molar-refractivity contribution in [1.29, 1.82) is 0 Å². The maximum Gasteiger partial charge on any atom is 0.270 e.